The molecule has 1 atom stereocenters. The third-order valence-corrected chi connectivity index (χ3v) is 7.92. The molecule has 3 aromatic carbocycles. The summed E-state index contributed by atoms with van der Waals surface area (Å²) in [5.74, 6) is 0.399. The number of hydrogen-bond donors (Lipinski definition) is 0. The molecular formula is C32H28F3N7O2S. The lowest BCUT2D eigenvalue weighted by Crippen LogP contribution is -2.35. The number of nitrogens with zero attached hydrogens (tertiary/aromatic N) is 7. The number of anilines is 1. The molecule has 1 aliphatic rings. The van der Waals surface area contributed by atoms with Gasteiger partial charge in [-0.3, -0.25) is 0 Å². The summed E-state index contributed by atoms with van der Waals surface area (Å²) in [6, 6.07) is 21.7. The van der Waals surface area contributed by atoms with E-state index in [2.05, 4.69) is 55.7 Å². The Bertz CT molecular complexity index is 1740. The van der Waals surface area contributed by atoms with Gasteiger partial charge in [0.15, 0.2) is 11.0 Å². The monoisotopic (exact) mass is 631 g/mol. The van der Waals surface area contributed by atoms with Gasteiger partial charge in [0.2, 0.25) is 0 Å². The number of ether oxygens (including phenoxy) is 1. The Hall–Kier alpha value is -4.96. The van der Waals surface area contributed by atoms with Gasteiger partial charge in [0.1, 0.15) is 18.0 Å². The normalized spacial score (nSPS) is 15.4. The van der Waals surface area contributed by atoms with Crippen LogP contribution in [-0.2, 0) is 0 Å². The Kier molecular flexibility index (Phi) is 9.63. The second-order valence-corrected chi connectivity index (χ2v) is 11.4. The van der Waals surface area contributed by atoms with Crippen molar-refractivity contribution in [3.8, 4) is 28.9 Å². The van der Waals surface area contributed by atoms with E-state index in [0.29, 0.717) is 33.7 Å². The molecule has 9 nitrogen and oxygen atoms in total. The van der Waals surface area contributed by atoms with E-state index in [4.69, 9.17) is 0 Å². The minimum atomic E-state index is -4.77. The van der Waals surface area contributed by atoms with Gasteiger partial charge in [0.05, 0.1) is 11.8 Å². The Morgan fingerprint density at radius 1 is 1.09 bits per heavy atom. The average Bonchev–Trinajstić information content (AvgIpc) is 3.52. The van der Waals surface area contributed by atoms with Gasteiger partial charge >= 0.3 is 12.4 Å². The third kappa shape index (κ3) is 7.96. The van der Waals surface area contributed by atoms with Crippen LogP contribution in [0.1, 0.15) is 43.2 Å². The van der Waals surface area contributed by atoms with Gasteiger partial charge < -0.3 is 9.64 Å². The highest BCUT2D eigenvalue weighted by atomic mass is 32.2. The number of benzene rings is 3. The predicted octanol–water partition coefficient (Wildman–Crippen LogP) is 7.75. The fourth-order valence-electron chi connectivity index (χ4n) is 4.70. The SMILES string of the molecule is CC(C)c1ccccc1N1CCCSC1=NC(=O)N=CC(C#N)c1ccc(-c2ncn(-c3ccc(OC(F)(F)F)cc3)n2)cc1. The minimum Gasteiger partial charge on any atom is -0.406 e. The van der Waals surface area contributed by atoms with Crippen LogP contribution in [0.25, 0.3) is 17.1 Å². The number of carbonyl (C=O) groups excluding carboxylic acids is 1. The van der Waals surface area contributed by atoms with Crippen LogP contribution in [0.15, 0.2) is 89.1 Å². The summed E-state index contributed by atoms with van der Waals surface area (Å²) in [7, 11) is 0. The molecule has 5 rings (SSSR count). The van der Waals surface area contributed by atoms with E-state index in [-0.39, 0.29) is 5.75 Å². The molecule has 0 spiro atoms. The number of para-hydroxylation sites is 1. The number of nitriles is 1. The van der Waals surface area contributed by atoms with Gasteiger partial charge in [0, 0.05) is 29.8 Å². The number of rotatable bonds is 7. The first-order valence-corrected chi connectivity index (χ1v) is 15.0. The third-order valence-electron chi connectivity index (χ3n) is 6.86. The summed E-state index contributed by atoms with van der Waals surface area (Å²) in [5, 5.41) is 14.8. The van der Waals surface area contributed by atoms with Crippen molar-refractivity contribution in [2.24, 2.45) is 9.98 Å². The molecule has 0 bridgehead atoms. The highest BCUT2D eigenvalue weighted by molar-refractivity contribution is 8.14. The smallest absolute Gasteiger partial charge is 0.406 e. The molecule has 1 unspecified atom stereocenters. The lowest BCUT2D eigenvalue weighted by molar-refractivity contribution is -0.274. The Morgan fingerprint density at radius 2 is 1.82 bits per heavy atom. The van der Waals surface area contributed by atoms with Crippen LogP contribution in [-0.4, -0.2) is 50.8 Å². The molecule has 1 fully saturated rings. The highest BCUT2D eigenvalue weighted by Crippen LogP contribution is 2.32. The first kappa shape index (κ1) is 31.5. The molecular weight excluding hydrogens is 603 g/mol. The van der Waals surface area contributed by atoms with Crippen molar-refractivity contribution in [1.82, 2.24) is 14.8 Å². The van der Waals surface area contributed by atoms with E-state index in [1.807, 2.05) is 18.2 Å². The molecule has 1 aromatic heterocycles. The second-order valence-electron chi connectivity index (χ2n) is 10.3. The molecule has 2 heterocycles. The number of amidine groups is 1. The molecule has 0 radical (unpaired) electrons. The first-order valence-electron chi connectivity index (χ1n) is 14.0. The number of hydrogen-bond acceptors (Lipinski definition) is 6. The molecule has 13 heteroatoms. The fourth-order valence-corrected chi connectivity index (χ4v) is 5.64. The zero-order valence-corrected chi connectivity index (χ0v) is 25.2. The summed E-state index contributed by atoms with van der Waals surface area (Å²) in [5.41, 5.74) is 3.96. The van der Waals surface area contributed by atoms with Crippen LogP contribution in [0.3, 0.4) is 0 Å². The van der Waals surface area contributed by atoms with Gasteiger partial charge in [0.25, 0.3) is 0 Å². The molecule has 1 saturated heterocycles. The summed E-state index contributed by atoms with van der Waals surface area (Å²) in [6.07, 6.45) is -1.08. The van der Waals surface area contributed by atoms with Gasteiger partial charge in [-0.1, -0.05) is 68.1 Å². The van der Waals surface area contributed by atoms with Crippen LogP contribution >= 0.6 is 11.8 Å². The molecule has 0 aliphatic carbocycles. The number of urea groups is 1. The van der Waals surface area contributed by atoms with Crippen molar-refractivity contribution in [2.45, 2.75) is 38.5 Å². The van der Waals surface area contributed by atoms with E-state index in [1.54, 1.807) is 24.3 Å². The lowest BCUT2D eigenvalue weighted by atomic mass is 10.0. The number of alkyl halides is 3. The van der Waals surface area contributed by atoms with E-state index in [1.165, 1.54) is 58.8 Å². The van der Waals surface area contributed by atoms with Gasteiger partial charge in [-0.15, -0.1) is 18.3 Å². The van der Waals surface area contributed by atoms with Crippen LogP contribution in [0, 0.1) is 11.3 Å². The van der Waals surface area contributed by atoms with E-state index in [9.17, 15) is 23.2 Å². The van der Waals surface area contributed by atoms with Crippen LogP contribution in [0.5, 0.6) is 5.75 Å². The molecule has 45 heavy (non-hydrogen) atoms. The van der Waals surface area contributed by atoms with E-state index < -0.39 is 18.3 Å². The van der Waals surface area contributed by atoms with Crippen molar-refractivity contribution in [3.05, 3.63) is 90.3 Å². The number of thioether (sulfide) groups is 1. The average molecular weight is 632 g/mol. The number of aromatic nitrogens is 3. The predicted molar refractivity (Wildman–Crippen MR) is 168 cm³/mol. The van der Waals surface area contributed by atoms with Crippen molar-refractivity contribution in [2.75, 3.05) is 17.2 Å². The van der Waals surface area contributed by atoms with Crippen LogP contribution in [0.2, 0.25) is 0 Å². The Labute approximate surface area is 262 Å². The minimum absolute atomic E-state index is 0.305. The lowest BCUT2D eigenvalue weighted by Gasteiger charge is -2.31. The number of aliphatic imine (C=N–C) groups is 2. The maximum Gasteiger partial charge on any atom is 0.573 e. The Balaban J connectivity index is 1.26. The molecule has 0 saturated carbocycles. The fraction of sp³-hybridized carbons (Fsp3) is 0.250. The van der Waals surface area contributed by atoms with E-state index >= 15 is 0 Å². The van der Waals surface area contributed by atoms with Gasteiger partial charge in [-0.05, 0) is 53.8 Å². The summed E-state index contributed by atoms with van der Waals surface area (Å²) < 4.78 is 42.6. The second kappa shape index (κ2) is 13.8. The van der Waals surface area contributed by atoms with E-state index in [0.717, 1.165) is 24.4 Å². The quantitative estimate of drug-likeness (QED) is 0.192. The maximum absolute atomic E-state index is 12.8. The zero-order chi connectivity index (χ0) is 32.0. The molecule has 4 aromatic rings. The molecule has 1 aliphatic heterocycles. The van der Waals surface area contributed by atoms with Crippen molar-refractivity contribution in [1.29, 1.82) is 5.26 Å². The van der Waals surface area contributed by atoms with Crippen LogP contribution in [0.4, 0.5) is 23.7 Å². The number of halogens is 3. The topological polar surface area (TPSA) is 109 Å². The van der Waals surface area contributed by atoms with Crippen molar-refractivity contribution in [3.63, 3.8) is 0 Å². The maximum atomic E-state index is 12.8. The summed E-state index contributed by atoms with van der Waals surface area (Å²) in [4.78, 5) is 27.4. The Morgan fingerprint density at radius 3 is 2.51 bits per heavy atom. The molecule has 0 N–H and O–H groups in total. The summed E-state index contributed by atoms with van der Waals surface area (Å²) in [6.45, 7) is 5.00. The standard InChI is InChI=1S/C32H28F3N7O2S/c1-21(2)27-6-3-4-7-28(27)41-16-5-17-45-31(41)39-30(43)37-19-24(18-36)22-8-10-23(11-9-22)29-38-20-42(40-29)25-12-14-26(15-13-25)44-32(33,34)35/h3-4,6-15,19-21,24H,5,16-17H2,1-2H3. The van der Waals surface area contributed by atoms with Crippen molar-refractivity contribution < 1.29 is 22.7 Å². The number of carbonyl (C=O) groups is 1. The largest absolute Gasteiger partial charge is 0.573 e. The molecule has 230 valence electrons. The van der Waals surface area contributed by atoms with Crippen molar-refractivity contribution >= 4 is 34.9 Å². The van der Waals surface area contributed by atoms with Crippen LogP contribution < -0.4 is 9.64 Å². The zero-order valence-electron chi connectivity index (χ0n) is 24.3. The van der Waals surface area contributed by atoms with Gasteiger partial charge in [-0.2, -0.15) is 10.3 Å². The first-order chi connectivity index (χ1) is 21.6. The summed E-state index contributed by atoms with van der Waals surface area (Å²) >= 11 is 1.51. The molecule has 2 amide bonds. The number of amides is 2. The van der Waals surface area contributed by atoms with Gasteiger partial charge in [-0.25, -0.2) is 19.5 Å². The highest BCUT2D eigenvalue weighted by Gasteiger charge is 2.31.